The van der Waals surface area contributed by atoms with Gasteiger partial charge in [0.25, 0.3) is 0 Å². The normalized spacial score (nSPS) is 17.1. The quantitative estimate of drug-likeness (QED) is 0.0925. The summed E-state index contributed by atoms with van der Waals surface area (Å²) < 4.78 is 22.3. The Morgan fingerprint density at radius 3 is 1.20 bits per heavy atom. The smallest absolute Gasteiger partial charge is 0.123 e. The molecule has 4 aliphatic rings. The van der Waals surface area contributed by atoms with Crippen molar-refractivity contribution in [1.29, 1.82) is 0 Å². The van der Waals surface area contributed by atoms with Crippen molar-refractivity contribution in [3.63, 3.8) is 0 Å². The van der Waals surface area contributed by atoms with Gasteiger partial charge in [-0.3, -0.25) is 15.0 Å². The molecule has 0 spiro atoms. The van der Waals surface area contributed by atoms with Crippen LogP contribution in [0, 0.1) is 33.5 Å². The van der Waals surface area contributed by atoms with Crippen molar-refractivity contribution in [1.82, 2.24) is 52.8 Å². The van der Waals surface area contributed by atoms with Crippen LogP contribution in [0.2, 0.25) is 0 Å². The molecule has 11 heterocycles. The van der Waals surface area contributed by atoms with E-state index in [-0.39, 0.29) is 5.82 Å². The molecule has 4 unspecified atom stereocenters. The Morgan fingerprint density at radius 2 is 0.810 bits per heavy atom. The fraction of sp³-hybridized carbons (Fsp3) is 0.369. The number of hydrogen-bond donors (Lipinski definition) is 4. The molecule has 4 atom stereocenters. The van der Waals surface area contributed by atoms with Crippen LogP contribution in [0.5, 0.6) is 0 Å². The Morgan fingerprint density at radius 1 is 0.420 bits per heavy atom. The van der Waals surface area contributed by atoms with Gasteiger partial charge >= 0.3 is 0 Å². The summed E-state index contributed by atoms with van der Waals surface area (Å²) in [5.74, 6) is -0.281. The van der Waals surface area contributed by atoms with Gasteiger partial charge in [0.05, 0.1) is 38.0 Å². The van der Waals surface area contributed by atoms with E-state index in [9.17, 15) is 24.8 Å². The molecule has 0 saturated carbocycles. The molecule has 15 nitrogen and oxygen atoms in total. The van der Waals surface area contributed by atoms with Crippen LogP contribution in [0.1, 0.15) is 117 Å². The van der Waals surface area contributed by atoms with E-state index in [4.69, 9.17) is 0 Å². The molecule has 5 aromatic carbocycles. The average Bonchev–Trinajstić information content (AvgIpc) is 1.62. The maximum atomic E-state index is 13.1. The number of rotatable bonds is 12. The lowest BCUT2D eigenvalue weighted by Gasteiger charge is -2.29. The number of aliphatic hydroxyl groups is 4. The molecule has 0 fully saturated rings. The molecule has 7 aromatic heterocycles. The molecule has 4 aliphatic heterocycles. The maximum absolute atomic E-state index is 13.1. The molecule has 100 heavy (non-hydrogen) atoms. The summed E-state index contributed by atoms with van der Waals surface area (Å²) in [5.41, 5.74) is 21.2. The fourth-order valence-electron chi connectivity index (χ4n) is 15.7. The van der Waals surface area contributed by atoms with Crippen LogP contribution in [-0.2, 0) is 94.8 Å². The number of likely N-dealkylation sites (N-methyl/N-ethyl adjacent to an activating group) is 4. The van der Waals surface area contributed by atoms with Crippen LogP contribution < -0.4 is 0 Å². The molecule has 0 saturated heterocycles. The first-order chi connectivity index (χ1) is 47.9. The largest absolute Gasteiger partial charge is 0.387 e. The molecule has 520 valence electrons. The van der Waals surface area contributed by atoms with Gasteiger partial charge in [-0.2, -0.15) is 0 Å². The molecule has 0 bridgehead atoms. The molecule has 4 N–H and O–H groups in total. The fourth-order valence-corrected chi connectivity index (χ4v) is 15.7. The lowest BCUT2D eigenvalue weighted by Crippen LogP contribution is -2.32. The molecule has 16 rings (SSSR count). The Labute approximate surface area is 588 Å². The Balaban J connectivity index is 0.000000119. The minimum atomic E-state index is -1.01. The predicted octanol–water partition coefficient (Wildman–Crippen LogP) is 13.5. The van der Waals surface area contributed by atoms with Crippen LogP contribution in [0.25, 0.3) is 43.6 Å². The zero-order chi connectivity index (χ0) is 70.4. The number of fused-ring (bicyclic) bond motifs is 12. The minimum absolute atomic E-state index is 0.281. The number of halogens is 1. The van der Waals surface area contributed by atoms with Gasteiger partial charge in [-0.15, -0.1) is 0 Å². The monoisotopic (exact) mass is 1340 g/mol. The molecular formula is C84H98FN11O4. The van der Waals surface area contributed by atoms with Gasteiger partial charge in [-0.1, -0.05) is 70.8 Å². The lowest BCUT2D eigenvalue weighted by atomic mass is 9.97. The third kappa shape index (κ3) is 14.6. The highest BCUT2D eigenvalue weighted by molar-refractivity contribution is 5.89. The summed E-state index contributed by atoms with van der Waals surface area (Å²) >= 11 is 0. The van der Waals surface area contributed by atoms with Gasteiger partial charge in [0.2, 0.25) is 0 Å². The molecule has 12 aromatic rings. The van der Waals surface area contributed by atoms with Gasteiger partial charge in [0.15, 0.2) is 0 Å². The first kappa shape index (κ1) is 69.8. The maximum Gasteiger partial charge on any atom is 0.123 e. The number of nitrogens with zero attached hydrogens (tertiary/aromatic N) is 11. The molecule has 0 radical (unpaired) electrons. The van der Waals surface area contributed by atoms with E-state index >= 15 is 0 Å². The van der Waals surface area contributed by atoms with Crippen LogP contribution in [0.15, 0.2) is 171 Å². The number of benzene rings is 5. The van der Waals surface area contributed by atoms with E-state index in [1.807, 2.05) is 63.2 Å². The van der Waals surface area contributed by atoms with Crippen LogP contribution >= 0.6 is 0 Å². The highest BCUT2D eigenvalue weighted by Gasteiger charge is 2.34. The first-order valence-electron chi connectivity index (χ1n) is 35.4. The van der Waals surface area contributed by atoms with E-state index in [1.165, 1.54) is 123 Å². The van der Waals surface area contributed by atoms with E-state index in [0.717, 1.165) is 94.7 Å². The molecule has 0 amide bonds. The zero-order valence-electron chi connectivity index (χ0n) is 60.1. The minimum Gasteiger partial charge on any atom is -0.387 e. The predicted molar refractivity (Wildman–Crippen MR) is 400 cm³/mol. The second-order valence-corrected chi connectivity index (χ2v) is 29.7. The zero-order valence-corrected chi connectivity index (χ0v) is 60.1. The van der Waals surface area contributed by atoms with Crippen molar-refractivity contribution in [2.24, 2.45) is 0 Å². The SMILES string of the molecule is Cc1ccc2c(c1)c1c(n2CC(C)(O)c2ccccn2)CN(C)CC1.Cc1ccc2c(c1)c1c(n2CC(C)(O)c2cccnc2)CN(C)CC1.Cc1ccc2c(c1)c1c(n2CC(C)(O)c2ccncc2)CN(C)CC1.Cc1ccc2c(c1)c1c(n2CC(O)c2ccc(F)cc2)CN(C)CC1. The highest BCUT2D eigenvalue weighted by atomic mass is 19.1. The van der Waals surface area contributed by atoms with E-state index in [0.29, 0.717) is 31.9 Å². The summed E-state index contributed by atoms with van der Waals surface area (Å²) in [6, 6.07) is 45.9. The van der Waals surface area contributed by atoms with Crippen molar-refractivity contribution in [2.75, 3.05) is 54.4 Å². The van der Waals surface area contributed by atoms with E-state index in [1.54, 1.807) is 43.1 Å². The average molecular weight is 1340 g/mol. The second-order valence-electron chi connectivity index (χ2n) is 29.7. The van der Waals surface area contributed by atoms with Gasteiger partial charge in [0.1, 0.15) is 22.6 Å². The summed E-state index contributed by atoms with van der Waals surface area (Å²) in [4.78, 5) is 22.0. The molecular weight excluding hydrogens is 1250 g/mol. The standard InChI is InChI=1S/C21H23FN2O.3C21H25N3O/c1-14-3-8-19-18(11-14)17-9-10-23(2)12-20(17)24(19)13-21(25)15-4-6-16(22)7-5-15;1-15-4-5-19-18(12-15)17-8-11-23(3)13-20(17)24(19)14-21(2,25)16-6-9-22-10-7-16;1-15-6-7-19-18(11-15)17-8-10-23(3)13-20(17)24(19)14-21(2,25)16-5-4-9-22-12-16;1-15-7-8-18-17(12-15)16-9-11-23(3)13-19(16)24(18)14-21(2,25)20-6-4-5-10-22-20/h3-8,11,21,25H,9-10,12-13H2,1-2H3;4-7,9-10,12,25H,8,11,13-14H2,1-3H3;4-7,9,11-12,25H,8,10,13-14H2,1-3H3;4-8,10,12,25H,9,11,13-14H2,1-3H3. The summed E-state index contributed by atoms with van der Waals surface area (Å²) in [7, 11) is 8.62. The Kier molecular flexibility index (Phi) is 20.1. The number of aromatic nitrogens is 7. The van der Waals surface area contributed by atoms with Gasteiger partial charge in [-0.25, -0.2) is 4.39 Å². The lowest BCUT2D eigenvalue weighted by molar-refractivity contribution is 0.0336. The molecule has 0 aliphatic carbocycles. The second kappa shape index (κ2) is 28.7. The number of hydrogen-bond acceptors (Lipinski definition) is 11. The summed E-state index contributed by atoms with van der Waals surface area (Å²) in [5, 5.41) is 49.5. The van der Waals surface area contributed by atoms with Crippen molar-refractivity contribution < 1.29 is 24.8 Å². The van der Waals surface area contributed by atoms with Crippen LogP contribution in [0.3, 0.4) is 0 Å². The van der Waals surface area contributed by atoms with Crippen LogP contribution in [-0.4, -0.2) is 128 Å². The number of aliphatic hydroxyl groups excluding tert-OH is 1. The van der Waals surface area contributed by atoms with Gasteiger partial charge < -0.3 is 58.3 Å². The number of pyridine rings is 3. The van der Waals surface area contributed by atoms with Crippen molar-refractivity contribution in [2.45, 2.75) is 149 Å². The Bertz CT molecular complexity index is 4510. The van der Waals surface area contributed by atoms with Gasteiger partial charge in [-0.05, 0) is 227 Å². The summed E-state index contributed by atoms with van der Waals surface area (Å²) in [6.45, 7) is 24.2. The molecule has 16 heteroatoms. The van der Waals surface area contributed by atoms with Crippen molar-refractivity contribution in [3.05, 3.63) is 266 Å². The van der Waals surface area contributed by atoms with Gasteiger partial charge in [0, 0.05) is 155 Å². The highest BCUT2D eigenvalue weighted by Crippen LogP contribution is 2.39. The third-order valence-corrected chi connectivity index (χ3v) is 21.2. The van der Waals surface area contributed by atoms with E-state index < -0.39 is 22.9 Å². The summed E-state index contributed by atoms with van der Waals surface area (Å²) in [6.07, 6.45) is 12.3. The van der Waals surface area contributed by atoms with Crippen LogP contribution in [0.4, 0.5) is 4.39 Å². The topological polar surface area (TPSA) is 152 Å². The Hall–Kier alpha value is -8.68. The van der Waals surface area contributed by atoms with E-state index in [2.05, 4.69) is 182 Å². The third-order valence-electron chi connectivity index (χ3n) is 21.2. The first-order valence-corrected chi connectivity index (χ1v) is 35.4. The van der Waals surface area contributed by atoms with Crippen molar-refractivity contribution >= 4 is 43.6 Å². The van der Waals surface area contributed by atoms with Crippen molar-refractivity contribution in [3.8, 4) is 0 Å². The number of aryl methyl sites for hydroxylation is 4.